The molecule has 3 rings (SSSR count). The monoisotopic (exact) mass is 285 g/mol. The zero-order valence-electron chi connectivity index (χ0n) is 11.8. The molecule has 1 aliphatic heterocycles. The molecule has 1 fully saturated rings. The highest BCUT2D eigenvalue weighted by atomic mass is 16.1. The molecule has 0 radical (unpaired) electrons. The van der Waals surface area contributed by atoms with Gasteiger partial charge in [0.1, 0.15) is 6.20 Å². The zero-order chi connectivity index (χ0) is 14.5. The van der Waals surface area contributed by atoms with Gasteiger partial charge in [0.15, 0.2) is 0 Å². The van der Waals surface area contributed by atoms with Crippen LogP contribution in [0.5, 0.6) is 0 Å². The van der Waals surface area contributed by atoms with Crippen LogP contribution in [-0.2, 0) is 6.54 Å². The fourth-order valence-electron chi connectivity index (χ4n) is 2.65. The zero-order valence-corrected chi connectivity index (χ0v) is 11.8. The summed E-state index contributed by atoms with van der Waals surface area (Å²) in [5.41, 5.74) is 1.12. The number of piperidine rings is 1. The molecule has 0 bridgehead atoms. The Morgan fingerprint density at radius 1 is 1.24 bits per heavy atom. The number of nitrogens with one attached hydrogen (secondary N) is 2. The standard InChI is InChI=1S/C15H19N5O/c21-14-10-16-19-15(18-14)17-13-6-8-20(9-7-13)11-12-4-2-1-3-5-12/h1-5,10,13H,6-9,11H2,(H2,17,18,19,21). The third kappa shape index (κ3) is 3.88. The molecule has 0 atom stereocenters. The van der Waals surface area contributed by atoms with Crippen LogP contribution in [-0.4, -0.2) is 39.2 Å². The lowest BCUT2D eigenvalue weighted by molar-refractivity contribution is 0.211. The number of hydrogen-bond acceptors (Lipinski definition) is 5. The summed E-state index contributed by atoms with van der Waals surface area (Å²) >= 11 is 0. The summed E-state index contributed by atoms with van der Waals surface area (Å²) in [5, 5.41) is 10.8. The third-order valence-corrected chi connectivity index (χ3v) is 3.75. The number of hydrogen-bond donors (Lipinski definition) is 2. The third-order valence-electron chi connectivity index (χ3n) is 3.75. The van der Waals surface area contributed by atoms with Crippen LogP contribution in [0.15, 0.2) is 41.3 Å². The van der Waals surface area contributed by atoms with E-state index in [-0.39, 0.29) is 5.56 Å². The molecule has 1 aliphatic rings. The van der Waals surface area contributed by atoms with Crippen molar-refractivity contribution < 1.29 is 0 Å². The Hall–Kier alpha value is -2.21. The number of benzene rings is 1. The van der Waals surface area contributed by atoms with Crippen LogP contribution in [0.4, 0.5) is 5.95 Å². The second-order valence-corrected chi connectivity index (χ2v) is 5.36. The summed E-state index contributed by atoms with van der Waals surface area (Å²) in [6.45, 7) is 3.07. The smallest absolute Gasteiger partial charge is 0.271 e. The minimum Gasteiger partial charge on any atom is -0.352 e. The Morgan fingerprint density at radius 2 is 2.00 bits per heavy atom. The Labute approximate surface area is 123 Å². The Balaban J connectivity index is 1.50. The van der Waals surface area contributed by atoms with Gasteiger partial charge >= 0.3 is 0 Å². The average molecular weight is 285 g/mol. The number of aromatic nitrogens is 3. The molecular weight excluding hydrogens is 266 g/mol. The van der Waals surface area contributed by atoms with Gasteiger partial charge in [0, 0.05) is 25.7 Å². The van der Waals surface area contributed by atoms with Crippen LogP contribution >= 0.6 is 0 Å². The maximum atomic E-state index is 11.2. The molecule has 0 aliphatic carbocycles. The van der Waals surface area contributed by atoms with Gasteiger partial charge in [-0.15, -0.1) is 10.2 Å². The molecule has 0 spiro atoms. The van der Waals surface area contributed by atoms with Gasteiger partial charge in [-0.1, -0.05) is 30.3 Å². The van der Waals surface area contributed by atoms with Crippen LogP contribution in [0, 0.1) is 0 Å². The van der Waals surface area contributed by atoms with Crippen LogP contribution < -0.4 is 10.9 Å². The summed E-state index contributed by atoms with van der Waals surface area (Å²) in [5.74, 6) is 0.462. The van der Waals surface area contributed by atoms with E-state index < -0.39 is 0 Å². The number of anilines is 1. The first kappa shape index (κ1) is 13.8. The van der Waals surface area contributed by atoms with Gasteiger partial charge in [-0.2, -0.15) is 0 Å². The predicted molar refractivity (Wildman–Crippen MR) is 81.0 cm³/mol. The topological polar surface area (TPSA) is 73.9 Å². The van der Waals surface area contributed by atoms with Gasteiger partial charge in [-0.3, -0.25) is 14.7 Å². The lowest BCUT2D eigenvalue weighted by atomic mass is 10.0. The molecule has 2 N–H and O–H groups in total. The first-order chi connectivity index (χ1) is 10.3. The molecule has 6 heteroatoms. The molecule has 2 heterocycles. The fraction of sp³-hybridized carbons (Fsp3) is 0.400. The molecule has 0 unspecified atom stereocenters. The average Bonchev–Trinajstić information content (AvgIpc) is 2.50. The van der Waals surface area contributed by atoms with E-state index in [4.69, 9.17) is 0 Å². The van der Waals surface area contributed by atoms with Crippen molar-refractivity contribution in [3.63, 3.8) is 0 Å². The largest absolute Gasteiger partial charge is 0.352 e. The maximum absolute atomic E-state index is 11.2. The van der Waals surface area contributed by atoms with Gasteiger partial charge in [0.2, 0.25) is 5.95 Å². The minimum atomic E-state index is -0.228. The van der Waals surface area contributed by atoms with Gasteiger partial charge < -0.3 is 5.32 Å². The van der Waals surface area contributed by atoms with Crippen molar-refractivity contribution in [2.24, 2.45) is 0 Å². The summed E-state index contributed by atoms with van der Waals surface area (Å²) in [6, 6.07) is 10.9. The molecule has 0 saturated carbocycles. The molecule has 2 aromatic rings. The molecule has 1 aromatic heterocycles. The molecule has 6 nitrogen and oxygen atoms in total. The molecule has 21 heavy (non-hydrogen) atoms. The van der Waals surface area contributed by atoms with Crippen molar-refractivity contribution in [2.45, 2.75) is 25.4 Å². The highest BCUT2D eigenvalue weighted by molar-refractivity contribution is 5.23. The van der Waals surface area contributed by atoms with E-state index in [1.807, 2.05) is 6.07 Å². The second-order valence-electron chi connectivity index (χ2n) is 5.36. The van der Waals surface area contributed by atoms with Gasteiger partial charge in [0.25, 0.3) is 5.56 Å². The van der Waals surface area contributed by atoms with Gasteiger partial charge in [0.05, 0.1) is 0 Å². The number of H-pyrrole nitrogens is 1. The normalized spacial score (nSPS) is 16.8. The van der Waals surface area contributed by atoms with Crippen LogP contribution in [0.2, 0.25) is 0 Å². The quantitative estimate of drug-likeness (QED) is 0.884. The summed E-state index contributed by atoms with van der Waals surface area (Å²) in [6.07, 6.45) is 3.24. The molecule has 1 saturated heterocycles. The minimum absolute atomic E-state index is 0.228. The SMILES string of the molecule is O=c1cnnc(NC2CCN(Cc3ccccc3)CC2)[nH]1. The highest BCUT2D eigenvalue weighted by Gasteiger charge is 2.19. The van der Waals surface area contributed by atoms with Crippen molar-refractivity contribution in [3.05, 3.63) is 52.4 Å². The highest BCUT2D eigenvalue weighted by Crippen LogP contribution is 2.15. The van der Waals surface area contributed by atoms with E-state index in [1.165, 1.54) is 11.8 Å². The Bertz CT molecular complexity index is 619. The maximum Gasteiger partial charge on any atom is 0.271 e. The van der Waals surface area contributed by atoms with E-state index in [1.54, 1.807) is 0 Å². The van der Waals surface area contributed by atoms with E-state index in [2.05, 4.69) is 49.7 Å². The summed E-state index contributed by atoms with van der Waals surface area (Å²) in [4.78, 5) is 16.3. The first-order valence-electron chi connectivity index (χ1n) is 7.24. The van der Waals surface area contributed by atoms with Crippen LogP contribution in [0.1, 0.15) is 18.4 Å². The number of likely N-dealkylation sites (tertiary alicyclic amines) is 1. The Kier molecular flexibility index (Phi) is 4.25. The molecule has 1 aromatic carbocycles. The molecule has 110 valence electrons. The number of nitrogens with zero attached hydrogens (tertiary/aromatic N) is 3. The Morgan fingerprint density at radius 3 is 2.71 bits per heavy atom. The van der Waals surface area contributed by atoms with E-state index in [0.717, 1.165) is 32.5 Å². The van der Waals surface area contributed by atoms with Gasteiger partial charge in [-0.05, 0) is 18.4 Å². The summed E-state index contributed by atoms with van der Waals surface area (Å²) < 4.78 is 0. The summed E-state index contributed by atoms with van der Waals surface area (Å²) in [7, 11) is 0. The molecule has 0 amide bonds. The van der Waals surface area contributed by atoms with Crippen molar-refractivity contribution >= 4 is 5.95 Å². The van der Waals surface area contributed by atoms with Crippen LogP contribution in [0.25, 0.3) is 0 Å². The number of aromatic amines is 1. The second kappa shape index (κ2) is 6.49. The van der Waals surface area contributed by atoms with E-state index in [9.17, 15) is 4.79 Å². The number of rotatable bonds is 4. The first-order valence-corrected chi connectivity index (χ1v) is 7.24. The van der Waals surface area contributed by atoms with E-state index >= 15 is 0 Å². The van der Waals surface area contributed by atoms with Crippen molar-refractivity contribution in [2.75, 3.05) is 18.4 Å². The van der Waals surface area contributed by atoms with Gasteiger partial charge in [-0.25, -0.2) is 0 Å². The van der Waals surface area contributed by atoms with Crippen molar-refractivity contribution in [1.82, 2.24) is 20.1 Å². The van der Waals surface area contributed by atoms with Crippen molar-refractivity contribution in [3.8, 4) is 0 Å². The predicted octanol–water partition coefficient (Wildman–Crippen LogP) is 1.24. The lowest BCUT2D eigenvalue weighted by Gasteiger charge is -2.32. The lowest BCUT2D eigenvalue weighted by Crippen LogP contribution is -2.39. The van der Waals surface area contributed by atoms with Crippen LogP contribution in [0.3, 0.4) is 0 Å². The van der Waals surface area contributed by atoms with E-state index in [0.29, 0.717) is 12.0 Å². The molecular formula is C15H19N5O. The fourth-order valence-corrected chi connectivity index (χ4v) is 2.65. The van der Waals surface area contributed by atoms with Crippen molar-refractivity contribution in [1.29, 1.82) is 0 Å².